The number of hydrogen-bond donors (Lipinski definition) is 1. The van der Waals surface area contributed by atoms with E-state index in [-0.39, 0.29) is 17.9 Å². The van der Waals surface area contributed by atoms with E-state index in [2.05, 4.69) is 23.3 Å². The van der Waals surface area contributed by atoms with Gasteiger partial charge in [-0.2, -0.15) is 0 Å². The first-order valence-electron chi connectivity index (χ1n) is 9.87. The number of aryl methyl sites for hydroxylation is 1. The minimum Gasteiger partial charge on any atom is -0.453 e. The molecule has 5 nitrogen and oxygen atoms in total. The Kier molecular flexibility index (Phi) is 6.83. The molecular weight excluding hydrogens is 360 g/mol. The first-order valence-corrected chi connectivity index (χ1v) is 10.7. The Morgan fingerprint density at radius 3 is 2.85 bits per heavy atom. The summed E-state index contributed by atoms with van der Waals surface area (Å²) in [4.78, 5) is 28.9. The fourth-order valence-electron chi connectivity index (χ4n) is 3.55. The van der Waals surface area contributed by atoms with Crippen LogP contribution in [-0.4, -0.2) is 29.0 Å². The summed E-state index contributed by atoms with van der Waals surface area (Å²) < 4.78 is 6.48. The highest BCUT2D eigenvalue weighted by atomic mass is 32.1. The number of aromatic nitrogens is 1. The summed E-state index contributed by atoms with van der Waals surface area (Å²) in [5, 5.41) is 4.07. The average molecular weight is 389 g/mol. The van der Waals surface area contributed by atoms with Crippen LogP contribution in [-0.2, 0) is 20.7 Å². The van der Waals surface area contributed by atoms with Crippen LogP contribution in [0.5, 0.6) is 0 Å². The first kappa shape index (κ1) is 19.8. The molecule has 27 heavy (non-hydrogen) atoms. The Hall–Kier alpha value is -1.95. The fraction of sp³-hybridized carbons (Fsp3) is 0.571. The summed E-state index contributed by atoms with van der Waals surface area (Å²) >= 11 is 1.66. The van der Waals surface area contributed by atoms with Crippen LogP contribution in [0.1, 0.15) is 57.4 Å². The summed E-state index contributed by atoms with van der Waals surface area (Å²) in [6, 6.07) is 8.23. The lowest BCUT2D eigenvalue weighted by atomic mass is 9.86. The molecule has 3 atom stereocenters. The number of para-hydroxylation sites is 1. The second kappa shape index (κ2) is 9.31. The predicted molar refractivity (Wildman–Crippen MR) is 108 cm³/mol. The van der Waals surface area contributed by atoms with Crippen LogP contribution in [0.4, 0.5) is 0 Å². The maximum atomic E-state index is 12.3. The van der Waals surface area contributed by atoms with E-state index in [9.17, 15) is 9.59 Å². The lowest BCUT2D eigenvalue weighted by molar-refractivity contribution is -0.155. The van der Waals surface area contributed by atoms with Gasteiger partial charge in [0.1, 0.15) is 0 Å². The van der Waals surface area contributed by atoms with Crippen LogP contribution < -0.4 is 5.32 Å². The Morgan fingerprint density at radius 2 is 2.07 bits per heavy atom. The monoisotopic (exact) mass is 388 g/mol. The van der Waals surface area contributed by atoms with Crippen molar-refractivity contribution in [2.75, 3.05) is 0 Å². The van der Waals surface area contributed by atoms with Gasteiger partial charge in [0, 0.05) is 12.5 Å². The van der Waals surface area contributed by atoms with Crippen molar-refractivity contribution in [1.82, 2.24) is 10.3 Å². The van der Waals surface area contributed by atoms with Crippen LogP contribution in [0.2, 0.25) is 0 Å². The van der Waals surface area contributed by atoms with Crippen molar-refractivity contribution in [2.45, 2.75) is 70.9 Å². The molecule has 1 aliphatic carbocycles. The molecule has 0 saturated heterocycles. The maximum Gasteiger partial charge on any atom is 0.306 e. The quantitative estimate of drug-likeness (QED) is 0.720. The van der Waals surface area contributed by atoms with Gasteiger partial charge in [0.2, 0.25) is 0 Å². The van der Waals surface area contributed by atoms with Gasteiger partial charge in [-0.15, -0.1) is 11.3 Å². The Labute approximate surface area is 164 Å². The number of esters is 1. The van der Waals surface area contributed by atoms with Gasteiger partial charge in [0.15, 0.2) is 6.10 Å². The molecule has 1 N–H and O–H groups in total. The van der Waals surface area contributed by atoms with Gasteiger partial charge in [-0.25, -0.2) is 4.98 Å². The molecule has 1 amide bonds. The van der Waals surface area contributed by atoms with Crippen molar-refractivity contribution in [2.24, 2.45) is 5.92 Å². The zero-order chi connectivity index (χ0) is 19.2. The fourth-order valence-corrected chi connectivity index (χ4v) is 4.56. The lowest BCUT2D eigenvalue weighted by Gasteiger charge is -2.30. The SMILES string of the molecule is C[C@@H]1CCCC[C@H]1NC(=O)[C@@H](C)OC(=O)CCCc1nc2ccccc2s1. The molecule has 1 fully saturated rings. The maximum absolute atomic E-state index is 12.3. The van der Waals surface area contributed by atoms with E-state index in [0.29, 0.717) is 18.8 Å². The third kappa shape index (κ3) is 5.51. The van der Waals surface area contributed by atoms with Gasteiger partial charge >= 0.3 is 5.97 Å². The number of carbonyl (C=O) groups is 2. The van der Waals surface area contributed by atoms with Crippen molar-refractivity contribution >= 4 is 33.4 Å². The molecule has 6 heteroatoms. The van der Waals surface area contributed by atoms with Crippen molar-refractivity contribution < 1.29 is 14.3 Å². The molecule has 1 aromatic heterocycles. The molecule has 146 valence electrons. The molecule has 0 bridgehead atoms. The number of carbonyl (C=O) groups excluding carboxylic acids is 2. The van der Waals surface area contributed by atoms with Crippen molar-refractivity contribution in [1.29, 1.82) is 0 Å². The molecule has 1 aliphatic rings. The second-order valence-corrected chi connectivity index (χ2v) is 8.55. The van der Waals surface area contributed by atoms with Gasteiger partial charge in [0.25, 0.3) is 5.91 Å². The van der Waals surface area contributed by atoms with Crippen LogP contribution in [0, 0.1) is 5.92 Å². The predicted octanol–water partition coefficient (Wildman–Crippen LogP) is 4.25. The molecule has 0 aliphatic heterocycles. The number of hydrogen-bond acceptors (Lipinski definition) is 5. The smallest absolute Gasteiger partial charge is 0.306 e. The third-order valence-corrected chi connectivity index (χ3v) is 6.32. The lowest BCUT2D eigenvalue weighted by Crippen LogP contribution is -2.45. The van der Waals surface area contributed by atoms with Gasteiger partial charge in [0.05, 0.1) is 15.2 Å². The number of thiazole rings is 1. The van der Waals surface area contributed by atoms with Crippen LogP contribution in [0.25, 0.3) is 10.2 Å². The number of nitrogens with one attached hydrogen (secondary N) is 1. The molecule has 0 unspecified atom stereocenters. The third-order valence-electron chi connectivity index (χ3n) is 5.23. The van der Waals surface area contributed by atoms with E-state index in [0.717, 1.165) is 40.9 Å². The summed E-state index contributed by atoms with van der Waals surface area (Å²) in [5.41, 5.74) is 1.00. The van der Waals surface area contributed by atoms with Crippen molar-refractivity contribution in [3.05, 3.63) is 29.3 Å². The summed E-state index contributed by atoms with van der Waals surface area (Å²) in [5.74, 6) is -0.0249. The van der Waals surface area contributed by atoms with Gasteiger partial charge in [-0.3, -0.25) is 9.59 Å². The number of amides is 1. The number of benzene rings is 1. The zero-order valence-corrected chi connectivity index (χ0v) is 16.9. The molecule has 1 aromatic carbocycles. The van der Waals surface area contributed by atoms with Gasteiger partial charge in [-0.1, -0.05) is 31.9 Å². The van der Waals surface area contributed by atoms with Gasteiger partial charge in [-0.05, 0) is 50.7 Å². The highest BCUT2D eigenvalue weighted by Crippen LogP contribution is 2.24. The summed E-state index contributed by atoms with van der Waals surface area (Å²) in [6.07, 6.45) is 5.51. The topological polar surface area (TPSA) is 68.3 Å². The van der Waals surface area contributed by atoms with E-state index in [1.54, 1.807) is 18.3 Å². The second-order valence-electron chi connectivity index (χ2n) is 7.44. The standard InChI is InChI=1S/C21H28N2O3S/c1-14-8-3-4-9-16(14)23-21(25)15(2)26-20(24)13-7-12-19-22-17-10-5-6-11-18(17)27-19/h5-6,10-11,14-16H,3-4,7-9,12-13H2,1-2H3,(H,23,25)/t14-,15-,16-/m1/s1. The summed E-state index contributed by atoms with van der Waals surface area (Å²) in [7, 11) is 0. The average Bonchev–Trinajstić information content (AvgIpc) is 3.06. The Balaban J connectivity index is 1.39. The van der Waals surface area contributed by atoms with E-state index >= 15 is 0 Å². The van der Waals surface area contributed by atoms with Gasteiger partial charge < -0.3 is 10.1 Å². The largest absolute Gasteiger partial charge is 0.453 e. The van der Waals surface area contributed by atoms with E-state index < -0.39 is 6.10 Å². The number of fused-ring (bicyclic) bond motifs is 1. The van der Waals surface area contributed by atoms with Crippen LogP contribution in [0.3, 0.4) is 0 Å². The molecule has 1 heterocycles. The minimum absolute atomic E-state index is 0.187. The molecule has 2 aromatic rings. The molecular formula is C21H28N2O3S. The van der Waals surface area contributed by atoms with Crippen molar-refractivity contribution in [3.8, 4) is 0 Å². The highest BCUT2D eigenvalue weighted by Gasteiger charge is 2.26. The first-order chi connectivity index (χ1) is 13.0. The summed E-state index contributed by atoms with van der Waals surface area (Å²) in [6.45, 7) is 3.82. The van der Waals surface area contributed by atoms with E-state index in [4.69, 9.17) is 4.74 Å². The van der Waals surface area contributed by atoms with Crippen LogP contribution in [0.15, 0.2) is 24.3 Å². The molecule has 1 saturated carbocycles. The zero-order valence-electron chi connectivity index (χ0n) is 16.1. The highest BCUT2D eigenvalue weighted by molar-refractivity contribution is 7.18. The number of ether oxygens (including phenoxy) is 1. The molecule has 0 spiro atoms. The number of rotatable bonds is 7. The molecule has 0 radical (unpaired) electrons. The normalized spacial score (nSPS) is 21.0. The Bertz CT molecular complexity index is 756. The molecule has 3 rings (SSSR count). The Morgan fingerprint density at radius 1 is 1.30 bits per heavy atom. The minimum atomic E-state index is -0.742. The van der Waals surface area contributed by atoms with Crippen molar-refractivity contribution in [3.63, 3.8) is 0 Å². The number of nitrogens with zero attached hydrogens (tertiary/aromatic N) is 1. The van der Waals surface area contributed by atoms with Crippen LogP contribution >= 0.6 is 11.3 Å². The van der Waals surface area contributed by atoms with E-state index in [1.807, 2.05) is 18.2 Å². The van der Waals surface area contributed by atoms with E-state index in [1.165, 1.54) is 6.42 Å².